The first-order valence-corrected chi connectivity index (χ1v) is 7.33. The molecule has 136 valence electrons. The minimum absolute atomic E-state index is 0.651. The van der Waals surface area contributed by atoms with Gasteiger partial charge in [0.15, 0.2) is 29.1 Å². The maximum absolute atomic E-state index is 13.8. The molecular weight excluding hydrogens is 357 g/mol. The monoisotopic (exact) mass is 369 g/mol. The highest BCUT2D eigenvalue weighted by Crippen LogP contribution is 2.60. The number of nitrogens with zero attached hydrogens (tertiary/aromatic N) is 1. The van der Waals surface area contributed by atoms with Crippen LogP contribution >= 0.6 is 0 Å². The van der Waals surface area contributed by atoms with E-state index in [2.05, 4.69) is 0 Å². The third kappa shape index (κ3) is 3.15. The molecule has 0 heterocycles. The van der Waals surface area contributed by atoms with Crippen molar-refractivity contribution in [2.45, 2.75) is 20.5 Å². The SMILES string of the molecule is C#Cc1c(F)c(F)c(COC(=O)[C@@H]2[C@H](/C=C(/F)C#N)C2(C)C)c(F)c1F. The van der Waals surface area contributed by atoms with Crippen LogP contribution < -0.4 is 0 Å². The Morgan fingerprint density at radius 1 is 1.23 bits per heavy atom. The van der Waals surface area contributed by atoms with Crippen molar-refractivity contribution in [2.75, 3.05) is 0 Å². The second kappa shape index (κ2) is 6.80. The minimum Gasteiger partial charge on any atom is -0.460 e. The van der Waals surface area contributed by atoms with Crippen LogP contribution in [0.3, 0.4) is 0 Å². The Kier molecular flexibility index (Phi) is 5.09. The van der Waals surface area contributed by atoms with E-state index in [0.29, 0.717) is 0 Å². The zero-order valence-corrected chi connectivity index (χ0v) is 13.7. The fourth-order valence-electron chi connectivity index (χ4n) is 2.80. The van der Waals surface area contributed by atoms with E-state index in [1.54, 1.807) is 13.8 Å². The molecule has 0 saturated heterocycles. The van der Waals surface area contributed by atoms with Crippen LogP contribution in [0.1, 0.15) is 25.0 Å². The van der Waals surface area contributed by atoms with Crippen LogP contribution in [0.4, 0.5) is 22.0 Å². The number of carbonyl (C=O) groups is 1. The van der Waals surface area contributed by atoms with E-state index in [4.69, 9.17) is 16.4 Å². The first-order chi connectivity index (χ1) is 12.1. The number of halogens is 5. The van der Waals surface area contributed by atoms with E-state index in [9.17, 15) is 26.7 Å². The predicted octanol–water partition coefficient (Wildman–Crippen LogP) is 3.92. The quantitative estimate of drug-likeness (QED) is 0.266. The summed E-state index contributed by atoms with van der Waals surface area (Å²) in [5.41, 5.74) is -3.07. The van der Waals surface area contributed by atoms with Gasteiger partial charge in [-0.05, 0) is 11.5 Å². The number of hydrogen-bond donors (Lipinski definition) is 0. The molecule has 0 N–H and O–H groups in total. The van der Waals surface area contributed by atoms with Gasteiger partial charge < -0.3 is 4.74 Å². The maximum Gasteiger partial charge on any atom is 0.310 e. The molecule has 8 heteroatoms. The third-order valence-corrected chi connectivity index (χ3v) is 4.45. The number of ether oxygens (including phenoxy) is 1. The molecule has 0 aromatic heterocycles. The molecule has 1 fully saturated rings. The topological polar surface area (TPSA) is 50.1 Å². The molecule has 1 aromatic carbocycles. The lowest BCUT2D eigenvalue weighted by Gasteiger charge is -2.10. The number of esters is 1. The zero-order chi connectivity index (χ0) is 19.8. The lowest BCUT2D eigenvalue weighted by atomic mass is 10.1. The molecule has 1 aromatic rings. The van der Waals surface area contributed by atoms with Gasteiger partial charge in [-0.1, -0.05) is 19.8 Å². The summed E-state index contributed by atoms with van der Waals surface area (Å²) in [7, 11) is 0. The summed E-state index contributed by atoms with van der Waals surface area (Å²) in [5, 5.41) is 8.44. The Labute approximate surface area is 146 Å². The molecular formula is C18H12F5NO2. The van der Waals surface area contributed by atoms with Crippen LogP contribution in [0.15, 0.2) is 11.9 Å². The van der Waals surface area contributed by atoms with E-state index < -0.39 is 70.0 Å². The second-order valence-electron chi connectivity index (χ2n) is 6.31. The van der Waals surface area contributed by atoms with Crippen LogP contribution in [0.5, 0.6) is 0 Å². The molecule has 26 heavy (non-hydrogen) atoms. The van der Waals surface area contributed by atoms with Crippen LogP contribution in [-0.2, 0) is 16.1 Å². The largest absolute Gasteiger partial charge is 0.460 e. The summed E-state index contributed by atoms with van der Waals surface area (Å²) in [6, 6.07) is 1.27. The molecule has 0 aliphatic heterocycles. The fraction of sp³-hybridized carbons (Fsp3) is 0.333. The number of terminal acetylenes is 1. The molecule has 3 nitrogen and oxygen atoms in total. The van der Waals surface area contributed by atoms with Gasteiger partial charge in [0.2, 0.25) is 0 Å². The second-order valence-corrected chi connectivity index (χ2v) is 6.31. The Morgan fingerprint density at radius 3 is 2.23 bits per heavy atom. The number of nitriles is 1. The van der Waals surface area contributed by atoms with E-state index in [1.165, 1.54) is 12.0 Å². The van der Waals surface area contributed by atoms with Crippen molar-refractivity contribution in [3.63, 3.8) is 0 Å². The summed E-state index contributed by atoms with van der Waals surface area (Å²) in [5.74, 6) is -9.08. The van der Waals surface area contributed by atoms with Gasteiger partial charge in [0.25, 0.3) is 0 Å². The van der Waals surface area contributed by atoms with E-state index in [0.717, 1.165) is 6.08 Å². The highest BCUT2D eigenvalue weighted by Gasteiger charge is 2.61. The molecule has 0 unspecified atom stereocenters. The van der Waals surface area contributed by atoms with Crippen LogP contribution in [0.2, 0.25) is 0 Å². The molecule has 2 atom stereocenters. The summed E-state index contributed by atoms with van der Waals surface area (Å²) in [6.45, 7) is 2.14. The third-order valence-electron chi connectivity index (χ3n) is 4.45. The number of hydrogen-bond acceptors (Lipinski definition) is 3. The Bertz CT molecular complexity index is 863. The molecule has 1 aliphatic carbocycles. The van der Waals surface area contributed by atoms with Crippen molar-refractivity contribution in [1.29, 1.82) is 5.26 Å². The van der Waals surface area contributed by atoms with Crippen molar-refractivity contribution in [3.05, 3.63) is 46.3 Å². The summed E-state index contributed by atoms with van der Waals surface area (Å²) >= 11 is 0. The molecule has 2 rings (SSSR count). The first-order valence-electron chi connectivity index (χ1n) is 7.33. The molecule has 0 radical (unpaired) electrons. The van der Waals surface area contributed by atoms with Crippen LogP contribution in [0.25, 0.3) is 0 Å². The smallest absolute Gasteiger partial charge is 0.310 e. The Balaban J connectivity index is 2.20. The highest BCUT2D eigenvalue weighted by molar-refractivity contribution is 5.78. The molecule has 0 spiro atoms. The van der Waals surface area contributed by atoms with Gasteiger partial charge in [0.1, 0.15) is 18.2 Å². The highest BCUT2D eigenvalue weighted by atomic mass is 19.2. The fourth-order valence-corrected chi connectivity index (χ4v) is 2.80. The minimum atomic E-state index is -1.76. The molecule has 0 amide bonds. The van der Waals surface area contributed by atoms with Crippen molar-refractivity contribution in [2.24, 2.45) is 17.3 Å². The average Bonchev–Trinajstić information content (AvgIpc) is 3.13. The first kappa shape index (κ1) is 19.5. The van der Waals surface area contributed by atoms with Crippen molar-refractivity contribution in [3.8, 4) is 18.4 Å². The van der Waals surface area contributed by atoms with E-state index in [-0.39, 0.29) is 0 Å². The van der Waals surface area contributed by atoms with Crippen molar-refractivity contribution in [1.82, 2.24) is 0 Å². The molecule has 1 saturated carbocycles. The Morgan fingerprint density at radius 2 is 1.77 bits per heavy atom. The Hall–Kier alpha value is -2.87. The van der Waals surface area contributed by atoms with Gasteiger partial charge in [-0.3, -0.25) is 4.79 Å². The van der Waals surface area contributed by atoms with Gasteiger partial charge in [0, 0.05) is 5.92 Å². The number of benzene rings is 1. The maximum atomic E-state index is 13.8. The standard InChI is InChI=1S/C18H12F5NO2/c1-4-9-13(20)15(22)10(16(23)14(9)21)7-26-17(25)12-11(18(12,2)3)5-8(19)6-24/h1,5,11-12H,7H2,2-3H3/b8-5+/t11-,12-/m0/s1. The van der Waals surface area contributed by atoms with Crippen LogP contribution in [-0.4, -0.2) is 5.97 Å². The van der Waals surface area contributed by atoms with Gasteiger partial charge in [-0.25, -0.2) is 17.6 Å². The van der Waals surface area contributed by atoms with Crippen molar-refractivity contribution < 1.29 is 31.5 Å². The zero-order valence-electron chi connectivity index (χ0n) is 13.7. The van der Waals surface area contributed by atoms with E-state index >= 15 is 0 Å². The molecule has 1 aliphatic rings. The predicted molar refractivity (Wildman–Crippen MR) is 79.6 cm³/mol. The number of allylic oxidation sites excluding steroid dienone is 2. The number of carbonyl (C=O) groups excluding carboxylic acids is 1. The summed E-state index contributed by atoms with van der Waals surface area (Å²) in [4.78, 5) is 12.1. The average molecular weight is 369 g/mol. The summed E-state index contributed by atoms with van der Waals surface area (Å²) in [6.07, 6.45) is 5.75. The number of rotatable bonds is 4. The molecule has 0 bridgehead atoms. The summed E-state index contributed by atoms with van der Waals surface area (Å²) < 4.78 is 72.7. The van der Waals surface area contributed by atoms with E-state index in [1.807, 2.05) is 0 Å². The normalized spacial score (nSPS) is 20.9. The van der Waals surface area contributed by atoms with Crippen LogP contribution in [0, 0.1) is 64.2 Å². The van der Waals surface area contributed by atoms with Gasteiger partial charge in [-0.15, -0.1) is 6.42 Å². The van der Waals surface area contributed by atoms with Gasteiger partial charge in [-0.2, -0.15) is 9.65 Å². The van der Waals surface area contributed by atoms with Crippen molar-refractivity contribution >= 4 is 5.97 Å². The lowest BCUT2D eigenvalue weighted by Crippen LogP contribution is -2.14. The van der Waals surface area contributed by atoms with Gasteiger partial charge >= 0.3 is 5.97 Å². The lowest BCUT2D eigenvalue weighted by molar-refractivity contribution is -0.147. The van der Waals surface area contributed by atoms with Gasteiger partial charge in [0.05, 0.1) is 11.5 Å².